The summed E-state index contributed by atoms with van der Waals surface area (Å²) in [7, 11) is 0. The number of rotatable bonds is 1. The fraction of sp³-hybridized carbons (Fsp3) is 0.562. The zero-order valence-electron chi connectivity index (χ0n) is 12.4. The van der Waals surface area contributed by atoms with Crippen LogP contribution in [0.1, 0.15) is 37.5 Å². The minimum absolute atomic E-state index is 0.0919. The van der Waals surface area contributed by atoms with Crippen molar-refractivity contribution >= 4 is 27.5 Å². The summed E-state index contributed by atoms with van der Waals surface area (Å²) in [6.45, 7) is 8.15. The molecule has 2 aliphatic heterocycles. The van der Waals surface area contributed by atoms with Crippen LogP contribution >= 0.6 is 15.9 Å². The van der Waals surface area contributed by atoms with Gasteiger partial charge in [0.15, 0.2) is 0 Å². The van der Waals surface area contributed by atoms with E-state index in [1.807, 2.05) is 13.8 Å². The molecule has 4 heteroatoms. The van der Waals surface area contributed by atoms with Crippen molar-refractivity contribution in [2.24, 2.45) is 5.41 Å². The van der Waals surface area contributed by atoms with E-state index < -0.39 is 0 Å². The van der Waals surface area contributed by atoms with E-state index in [9.17, 15) is 4.79 Å². The minimum Gasteiger partial charge on any atom is -0.486 e. The molecule has 1 unspecified atom stereocenters. The van der Waals surface area contributed by atoms with Gasteiger partial charge in [-0.15, -0.1) is 0 Å². The van der Waals surface area contributed by atoms with Gasteiger partial charge in [-0.05, 0) is 31.4 Å². The second-order valence-electron chi connectivity index (χ2n) is 6.91. The monoisotopic (exact) mass is 337 g/mol. The first-order chi connectivity index (χ1) is 9.26. The maximum Gasteiger partial charge on any atom is 0.230 e. The summed E-state index contributed by atoms with van der Waals surface area (Å²) < 4.78 is 6.23. The topological polar surface area (TPSA) is 38.3 Å². The van der Waals surface area contributed by atoms with Crippen LogP contribution in [0, 0.1) is 12.3 Å². The van der Waals surface area contributed by atoms with Crippen molar-refractivity contribution in [3.8, 4) is 5.75 Å². The molecule has 0 saturated heterocycles. The summed E-state index contributed by atoms with van der Waals surface area (Å²) in [6.07, 6.45) is 1.65. The highest BCUT2D eigenvalue weighted by Crippen LogP contribution is 2.47. The van der Waals surface area contributed by atoms with Gasteiger partial charge in [-0.25, -0.2) is 0 Å². The molecule has 0 saturated carbocycles. The van der Waals surface area contributed by atoms with E-state index in [4.69, 9.17) is 4.74 Å². The smallest absolute Gasteiger partial charge is 0.230 e. The molecule has 0 fully saturated rings. The van der Waals surface area contributed by atoms with Gasteiger partial charge in [0, 0.05) is 22.7 Å². The number of hydrogen-bond acceptors (Lipinski definition) is 2. The maximum absolute atomic E-state index is 12.2. The molecule has 1 aromatic carbocycles. The van der Waals surface area contributed by atoms with E-state index >= 15 is 0 Å². The molecule has 1 amide bonds. The van der Waals surface area contributed by atoms with Crippen LogP contribution in [0.15, 0.2) is 6.07 Å². The van der Waals surface area contributed by atoms with E-state index in [2.05, 4.69) is 41.2 Å². The Morgan fingerprint density at radius 3 is 2.70 bits per heavy atom. The van der Waals surface area contributed by atoms with Crippen molar-refractivity contribution in [3.05, 3.63) is 22.8 Å². The lowest BCUT2D eigenvalue weighted by Gasteiger charge is -2.33. The van der Waals surface area contributed by atoms with Crippen LogP contribution in [0.25, 0.3) is 0 Å². The molecule has 20 heavy (non-hydrogen) atoms. The quantitative estimate of drug-likeness (QED) is 0.795. The number of halogens is 1. The number of hydrogen-bond donors (Lipinski definition) is 1. The number of amides is 1. The number of alkyl halides is 1. The fourth-order valence-electron chi connectivity index (χ4n) is 3.11. The van der Waals surface area contributed by atoms with E-state index in [0.717, 1.165) is 40.7 Å². The van der Waals surface area contributed by atoms with Gasteiger partial charge in [-0.3, -0.25) is 4.79 Å². The fourth-order valence-corrected chi connectivity index (χ4v) is 3.42. The van der Waals surface area contributed by atoms with Crippen LogP contribution in [0.2, 0.25) is 0 Å². The first-order valence-corrected chi connectivity index (χ1v) is 8.10. The van der Waals surface area contributed by atoms with Gasteiger partial charge >= 0.3 is 0 Å². The Morgan fingerprint density at radius 2 is 2.05 bits per heavy atom. The number of anilines is 1. The Morgan fingerprint density at radius 1 is 1.35 bits per heavy atom. The van der Waals surface area contributed by atoms with Crippen molar-refractivity contribution in [1.82, 2.24) is 0 Å². The number of nitrogens with one attached hydrogen (secondary N) is 1. The lowest BCUT2D eigenvalue weighted by atomic mass is 9.79. The Bertz CT molecular complexity index is 609. The molecular formula is C16H20BrNO2. The summed E-state index contributed by atoms with van der Waals surface area (Å²) in [5.41, 5.74) is 3.93. The second kappa shape index (κ2) is 4.23. The third-order valence-corrected chi connectivity index (χ3v) is 5.51. The molecule has 2 heterocycles. The van der Waals surface area contributed by atoms with Crippen molar-refractivity contribution in [3.63, 3.8) is 0 Å². The predicted molar refractivity (Wildman–Crippen MR) is 83.8 cm³/mol. The molecule has 0 bridgehead atoms. The van der Waals surface area contributed by atoms with Crippen LogP contribution in [0.4, 0.5) is 5.69 Å². The van der Waals surface area contributed by atoms with Gasteiger partial charge in [0.25, 0.3) is 0 Å². The molecule has 1 atom stereocenters. The number of carbonyl (C=O) groups excluding carboxylic acids is 1. The average molecular weight is 338 g/mol. The molecule has 0 radical (unpaired) electrons. The normalized spacial score (nSPS) is 26.6. The Hall–Kier alpha value is -1.03. The van der Waals surface area contributed by atoms with Gasteiger partial charge in [-0.1, -0.05) is 35.8 Å². The lowest BCUT2D eigenvalue weighted by Crippen LogP contribution is -2.38. The number of ether oxygens (including phenoxy) is 1. The molecule has 3 nitrogen and oxygen atoms in total. The van der Waals surface area contributed by atoms with Crippen LogP contribution < -0.4 is 10.1 Å². The summed E-state index contributed by atoms with van der Waals surface area (Å²) in [6, 6.07) is 2.15. The molecule has 3 rings (SSSR count). The second-order valence-corrected chi connectivity index (χ2v) is 7.47. The van der Waals surface area contributed by atoms with Gasteiger partial charge in [0.2, 0.25) is 5.91 Å². The van der Waals surface area contributed by atoms with Crippen LogP contribution in [-0.4, -0.2) is 16.8 Å². The number of aryl methyl sites for hydroxylation is 1. The minimum atomic E-state index is -0.384. The van der Waals surface area contributed by atoms with Crippen molar-refractivity contribution < 1.29 is 9.53 Å². The third kappa shape index (κ3) is 1.96. The largest absolute Gasteiger partial charge is 0.486 e. The van der Waals surface area contributed by atoms with E-state index in [-0.39, 0.29) is 16.9 Å². The summed E-state index contributed by atoms with van der Waals surface area (Å²) in [5, 5.41) is 3.87. The van der Waals surface area contributed by atoms with E-state index in [0.29, 0.717) is 0 Å². The van der Waals surface area contributed by atoms with Crippen LogP contribution in [0.3, 0.4) is 0 Å². The van der Waals surface area contributed by atoms with Gasteiger partial charge in [0.05, 0.1) is 5.69 Å². The Labute approximate surface area is 128 Å². The number of fused-ring (bicyclic) bond motifs is 3. The first kappa shape index (κ1) is 13.9. The van der Waals surface area contributed by atoms with Crippen LogP contribution in [0.5, 0.6) is 5.75 Å². The third-order valence-electron chi connectivity index (χ3n) is 4.32. The zero-order valence-corrected chi connectivity index (χ0v) is 14.0. The first-order valence-electron chi connectivity index (χ1n) is 6.97. The summed E-state index contributed by atoms with van der Waals surface area (Å²) >= 11 is 3.54. The molecule has 0 spiro atoms. The molecule has 0 aliphatic carbocycles. The zero-order chi connectivity index (χ0) is 14.7. The predicted octanol–water partition coefficient (Wildman–Crippen LogP) is 3.60. The van der Waals surface area contributed by atoms with Crippen LogP contribution in [-0.2, 0) is 17.6 Å². The highest BCUT2D eigenvalue weighted by molar-refractivity contribution is 9.09. The van der Waals surface area contributed by atoms with Crippen molar-refractivity contribution in [1.29, 1.82) is 0 Å². The van der Waals surface area contributed by atoms with Crippen molar-refractivity contribution in [2.75, 3.05) is 10.6 Å². The van der Waals surface area contributed by atoms with Gasteiger partial charge in [0.1, 0.15) is 11.4 Å². The van der Waals surface area contributed by atoms with Gasteiger partial charge < -0.3 is 10.1 Å². The highest BCUT2D eigenvalue weighted by Gasteiger charge is 2.41. The molecule has 1 aromatic rings. The summed E-state index contributed by atoms with van der Waals surface area (Å²) in [5.74, 6) is 1.08. The molecule has 108 valence electrons. The standard InChI is InChI=1S/C16H20BrNO2/c1-9-5-10-6-16(4,8-17)20-13(10)11-7-15(2,3)14(19)18-12(9)11/h5H,6-8H2,1-4H3,(H,18,19). The van der Waals surface area contributed by atoms with E-state index in [1.165, 1.54) is 5.56 Å². The van der Waals surface area contributed by atoms with Gasteiger partial charge in [-0.2, -0.15) is 0 Å². The number of carbonyl (C=O) groups is 1. The Balaban J connectivity index is 2.14. The van der Waals surface area contributed by atoms with Crippen molar-refractivity contribution in [2.45, 2.75) is 46.1 Å². The number of benzene rings is 1. The van der Waals surface area contributed by atoms with E-state index in [1.54, 1.807) is 0 Å². The SMILES string of the molecule is Cc1cc2c(c3c1NC(=O)C(C)(C)C3)OC(C)(CBr)C2. The summed E-state index contributed by atoms with van der Waals surface area (Å²) in [4.78, 5) is 12.2. The highest BCUT2D eigenvalue weighted by atomic mass is 79.9. The lowest BCUT2D eigenvalue weighted by molar-refractivity contribution is -0.124. The average Bonchev–Trinajstić information content (AvgIpc) is 2.69. The molecule has 2 aliphatic rings. The molecule has 1 N–H and O–H groups in total. The maximum atomic E-state index is 12.2. The molecule has 0 aromatic heterocycles. The molecular weight excluding hydrogens is 318 g/mol. The Kier molecular flexibility index (Phi) is 2.95.